The number of rotatable bonds is 3. The Labute approximate surface area is 122 Å². The fraction of sp³-hybridized carbons (Fsp3) is 0.214. The van der Waals surface area contributed by atoms with Crippen LogP contribution in [-0.2, 0) is 4.74 Å². The Morgan fingerprint density at radius 3 is 2.80 bits per heavy atom. The van der Waals surface area contributed by atoms with Crippen molar-refractivity contribution in [1.82, 2.24) is 9.97 Å². The lowest BCUT2D eigenvalue weighted by Gasteiger charge is -2.12. The summed E-state index contributed by atoms with van der Waals surface area (Å²) in [6, 6.07) is 3.31. The fourth-order valence-electron chi connectivity index (χ4n) is 1.80. The number of carbonyl (C=O) groups excluding carboxylic acids is 1. The van der Waals surface area contributed by atoms with Gasteiger partial charge in [0.1, 0.15) is 10.9 Å². The van der Waals surface area contributed by atoms with Crippen LogP contribution in [0.25, 0.3) is 11.1 Å². The number of esters is 1. The first-order valence-electron chi connectivity index (χ1n) is 6.40. The first kappa shape index (κ1) is 12.9. The minimum atomic E-state index is -0.512. The number of hydrogen-bond donors (Lipinski definition) is 0. The molecule has 2 aromatic rings. The molecular formula is C14H13ClN2O3. The minimum Gasteiger partial charge on any atom is -0.494 e. The van der Waals surface area contributed by atoms with Crippen molar-refractivity contribution in [1.29, 1.82) is 0 Å². The van der Waals surface area contributed by atoms with E-state index in [2.05, 4.69) is 9.97 Å². The fourth-order valence-corrected chi connectivity index (χ4v) is 1.96. The summed E-state index contributed by atoms with van der Waals surface area (Å²) in [7, 11) is 1.03. The third-order valence-electron chi connectivity index (χ3n) is 2.73. The summed E-state index contributed by atoms with van der Waals surface area (Å²) in [5.41, 5.74) is 2.15. The van der Waals surface area contributed by atoms with Crippen molar-refractivity contribution in [3.05, 3.63) is 40.9 Å². The first-order chi connectivity index (χ1) is 10.1. The van der Waals surface area contributed by atoms with E-state index in [9.17, 15) is 4.79 Å². The quantitative estimate of drug-likeness (QED) is 0.643. The molecule has 6 heteroatoms. The molecule has 0 N–H and O–H groups in total. The first-order valence-corrected chi connectivity index (χ1v) is 6.07. The van der Waals surface area contributed by atoms with Crippen molar-refractivity contribution >= 4 is 17.6 Å². The largest absolute Gasteiger partial charge is 0.494 e. The summed E-state index contributed by atoms with van der Waals surface area (Å²) in [4.78, 5) is 19.9. The second-order valence-corrected chi connectivity index (χ2v) is 4.40. The van der Waals surface area contributed by atoms with Gasteiger partial charge in [-0.15, -0.1) is 0 Å². The second kappa shape index (κ2) is 5.88. The average Bonchev–Trinajstić information content (AvgIpc) is 2.48. The van der Waals surface area contributed by atoms with Crippen LogP contribution in [0.3, 0.4) is 0 Å². The molecule has 0 saturated carbocycles. The number of hydrogen-bond acceptors (Lipinski definition) is 5. The molecule has 5 nitrogen and oxygen atoms in total. The Morgan fingerprint density at radius 2 is 2.10 bits per heavy atom. The van der Waals surface area contributed by atoms with Gasteiger partial charge < -0.3 is 9.47 Å². The van der Waals surface area contributed by atoms with Crippen molar-refractivity contribution in [3.8, 4) is 16.9 Å². The highest BCUT2D eigenvalue weighted by molar-refractivity contribution is 6.29. The Morgan fingerprint density at radius 1 is 1.30 bits per heavy atom. The molecule has 0 spiro atoms. The van der Waals surface area contributed by atoms with Crippen molar-refractivity contribution in [2.24, 2.45) is 0 Å². The van der Waals surface area contributed by atoms with Gasteiger partial charge in [-0.05, 0) is 19.1 Å². The number of methoxy groups -OCH3 is 2. The summed E-state index contributed by atoms with van der Waals surface area (Å²) in [5, 5.41) is 0.257. The van der Waals surface area contributed by atoms with Gasteiger partial charge >= 0.3 is 5.97 Å². The van der Waals surface area contributed by atoms with E-state index in [4.69, 9.17) is 22.4 Å². The maximum absolute atomic E-state index is 11.9. The van der Waals surface area contributed by atoms with Gasteiger partial charge in [-0.2, -0.15) is 0 Å². The second-order valence-electron chi connectivity index (χ2n) is 4.01. The molecular weight excluding hydrogens is 280 g/mol. The molecule has 0 aliphatic heterocycles. The van der Waals surface area contributed by atoms with Crippen LogP contribution in [0.1, 0.15) is 17.4 Å². The zero-order valence-corrected chi connectivity index (χ0v) is 11.8. The summed E-state index contributed by atoms with van der Waals surface area (Å²) in [6.45, 7) is 1.80. The van der Waals surface area contributed by atoms with Crippen LogP contribution in [0.2, 0.25) is 5.15 Å². The Bertz CT molecular complexity index is 679. The molecule has 0 bridgehead atoms. The van der Waals surface area contributed by atoms with Crippen LogP contribution in [0.4, 0.5) is 0 Å². The highest BCUT2D eigenvalue weighted by Crippen LogP contribution is 2.33. The smallest absolute Gasteiger partial charge is 0.340 e. The lowest BCUT2D eigenvalue weighted by molar-refractivity contribution is 0.0601. The SMILES string of the molecule is [2H]COc1cnc(Cl)cc1-c1cc(C)ncc1C(=O)OC. The van der Waals surface area contributed by atoms with Crippen LogP contribution in [0, 0.1) is 6.92 Å². The van der Waals surface area contributed by atoms with Crippen molar-refractivity contribution in [3.63, 3.8) is 0 Å². The molecule has 0 fully saturated rings. The van der Waals surface area contributed by atoms with Gasteiger partial charge in [0.15, 0.2) is 0 Å². The Hall–Kier alpha value is -2.14. The van der Waals surface area contributed by atoms with E-state index in [1.807, 2.05) is 0 Å². The number of halogens is 1. The van der Waals surface area contributed by atoms with E-state index in [1.54, 1.807) is 19.1 Å². The summed E-state index contributed by atoms with van der Waals surface area (Å²) in [6.07, 6.45) is 2.86. The van der Waals surface area contributed by atoms with Gasteiger partial charge in [0.2, 0.25) is 0 Å². The molecule has 20 heavy (non-hydrogen) atoms. The van der Waals surface area contributed by atoms with Gasteiger partial charge in [0.25, 0.3) is 0 Å². The van der Waals surface area contributed by atoms with Crippen molar-refractivity contribution < 1.29 is 15.6 Å². The van der Waals surface area contributed by atoms with E-state index < -0.39 is 5.97 Å². The van der Waals surface area contributed by atoms with Gasteiger partial charge in [-0.1, -0.05) is 11.6 Å². The molecule has 2 rings (SSSR count). The van der Waals surface area contributed by atoms with Gasteiger partial charge in [0.05, 0.1) is 27.3 Å². The predicted molar refractivity (Wildman–Crippen MR) is 75.1 cm³/mol. The summed E-state index contributed by atoms with van der Waals surface area (Å²) >= 11 is 5.93. The van der Waals surface area contributed by atoms with Gasteiger partial charge in [-0.3, -0.25) is 4.98 Å². The molecule has 104 valence electrons. The molecule has 0 aliphatic rings. The molecule has 0 aromatic carbocycles. The maximum atomic E-state index is 11.9. The zero-order chi connectivity index (χ0) is 15.4. The van der Waals surface area contributed by atoms with Gasteiger partial charge in [0, 0.05) is 23.0 Å². The van der Waals surface area contributed by atoms with Gasteiger partial charge in [-0.25, -0.2) is 9.78 Å². The number of pyridine rings is 2. The van der Waals surface area contributed by atoms with Crippen molar-refractivity contribution in [2.45, 2.75) is 6.92 Å². The highest BCUT2D eigenvalue weighted by Gasteiger charge is 2.18. The third kappa shape index (κ3) is 2.72. The molecule has 2 heterocycles. The molecule has 0 radical (unpaired) electrons. The lowest BCUT2D eigenvalue weighted by atomic mass is 10.0. The van der Waals surface area contributed by atoms with Crippen LogP contribution in [-0.4, -0.2) is 30.1 Å². The lowest BCUT2D eigenvalue weighted by Crippen LogP contribution is -2.05. The summed E-state index contributed by atoms with van der Waals surface area (Å²) < 4.78 is 17.2. The summed E-state index contributed by atoms with van der Waals surface area (Å²) in [5.74, 6) is -0.146. The minimum absolute atomic E-state index is 0.257. The predicted octanol–water partition coefficient (Wildman–Crippen LogP) is 2.90. The number of nitrogens with zero attached hydrogens (tertiary/aromatic N) is 2. The average molecular weight is 294 g/mol. The number of aromatic nitrogens is 2. The van der Waals surface area contributed by atoms with E-state index in [0.29, 0.717) is 22.4 Å². The normalized spacial score (nSPS) is 10.8. The number of aryl methyl sites for hydroxylation is 1. The van der Waals surface area contributed by atoms with Crippen LogP contribution in [0.5, 0.6) is 5.75 Å². The van der Waals surface area contributed by atoms with E-state index in [-0.39, 0.29) is 12.2 Å². The Balaban J connectivity index is 2.67. The standard InChI is InChI=1S/C14H13ClN2O3/c1-8-4-9(11(6-16-8)14(18)20-3)10-5-13(15)17-7-12(10)19-2/h4-7H,1-3H3/i2D. The molecule has 0 atom stereocenters. The van der Waals surface area contributed by atoms with Crippen molar-refractivity contribution in [2.75, 3.05) is 14.2 Å². The van der Waals surface area contributed by atoms with E-state index in [0.717, 1.165) is 5.69 Å². The highest BCUT2D eigenvalue weighted by atomic mass is 35.5. The molecule has 2 aromatic heterocycles. The van der Waals surface area contributed by atoms with Crippen LogP contribution < -0.4 is 4.74 Å². The number of carbonyl (C=O) groups is 1. The maximum Gasteiger partial charge on any atom is 0.340 e. The molecule has 0 saturated heterocycles. The molecule has 0 amide bonds. The zero-order valence-electron chi connectivity index (χ0n) is 12.0. The van der Waals surface area contributed by atoms with E-state index >= 15 is 0 Å². The van der Waals surface area contributed by atoms with Crippen LogP contribution in [0.15, 0.2) is 24.5 Å². The monoisotopic (exact) mass is 293 g/mol. The molecule has 0 aliphatic carbocycles. The number of ether oxygens (including phenoxy) is 2. The van der Waals surface area contributed by atoms with E-state index in [1.165, 1.54) is 19.5 Å². The topological polar surface area (TPSA) is 61.3 Å². The Kier molecular flexibility index (Phi) is 3.78. The molecule has 0 unspecified atom stereocenters. The van der Waals surface area contributed by atoms with Crippen LogP contribution >= 0.6 is 11.6 Å². The third-order valence-corrected chi connectivity index (χ3v) is 2.93.